The van der Waals surface area contributed by atoms with Crippen LogP contribution in [0, 0.1) is 6.92 Å². The Hall–Kier alpha value is -4.43. The molecule has 2 heterocycles. The van der Waals surface area contributed by atoms with Gasteiger partial charge in [0.15, 0.2) is 0 Å². The van der Waals surface area contributed by atoms with E-state index in [2.05, 4.69) is 16.0 Å². The van der Waals surface area contributed by atoms with Gasteiger partial charge < -0.3 is 20.7 Å². The Bertz CT molecular complexity index is 1380. The van der Waals surface area contributed by atoms with Crippen LogP contribution in [0.1, 0.15) is 28.8 Å². The summed E-state index contributed by atoms with van der Waals surface area (Å²) in [5, 5.41) is 13.3. The van der Waals surface area contributed by atoms with Gasteiger partial charge in [0.25, 0.3) is 5.91 Å². The first-order valence-electron chi connectivity index (χ1n) is 12.4. The first kappa shape index (κ1) is 24.3. The lowest BCUT2D eigenvalue weighted by Gasteiger charge is -2.12. The van der Waals surface area contributed by atoms with E-state index in [4.69, 9.17) is 9.84 Å². The highest BCUT2D eigenvalue weighted by molar-refractivity contribution is 6.08. The number of anilines is 2. The number of rotatable bonds is 7. The van der Waals surface area contributed by atoms with E-state index in [1.54, 1.807) is 35.1 Å². The van der Waals surface area contributed by atoms with E-state index in [1.807, 2.05) is 61.5 Å². The number of aryl methyl sites for hydroxylation is 1. The normalized spacial score (nSPS) is 14.8. The molecule has 1 aromatic heterocycles. The smallest absolute Gasteiger partial charge is 0.319 e. The van der Waals surface area contributed by atoms with Crippen molar-refractivity contribution in [2.24, 2.45) is 0 Å². The second-order valence-corrected chi connectivity index (χ2v) is 9.04. The van der Waals surface area contributed by atoms with Crippen LogP contribution in [0.2, 0.25) is 0 Å². The molecule has 8 nitrogen and oxygen atoms in total. The van der Waals surface area contributed by atoms with Gasteiger partial charge in [0.05, 0.1) is 17.4 Å². The zero-order valence-corrected chi connectivity index (χ0v) is 20.6. The third kappa shape index (κ3) is 6.05. The molecule has 3 aromatic carbocycles. The van der Waals surface area contributed by atoms with Gasteiger partial charge in [0.1, 0.15) is 5.69 Å². The minimum atomic E-state index is -0.289. The number of aromatic nitrogens is 2. The summed E-state index contributed by atoms with van der Waals surface area (Å²) in [4.78, 5) is 25.5. The molecule has 1 fully saturated rings. The summed E-state index contributed by atoms with van der Waals surface area (Å²) in [6.07, 6.45) is 3.82. The number of urea groups is 1. The van der Waals surface area contributed by atoms with E-state index in [1.165, 1.54) is 0 Å². The van der Waals surface area contributed by atoms with Gasteiger partial charge in [-0.15, -0.1) is 0 Å². The average molecular weight is 496 g/mol. The predicted molar refractivity (Wildman–Crippen MR) is 144 cm³/mol. The lowest BCUT2D eigenvalue weighted by Crippen LogP contribution is -2.35. The summed E-state index contributed by atoms with van der Waals surface area (Å²) >= 11 is 0. The fraction of sp³-hybridized carbons (Fsp3) is 0.207. The topological polar surface area (TPSA) is 97.3 Å². The van der Waals surface area contributed by atoms with Crippen LogP contribution in [0.4, 0.5) is 16.2 Å². The zero-order valence-electron chi connectivity index (χ0n) is 20.6. The minimum absolute atomic E-state index is 0.0827. The van der Waals surface area contributed by atoms with Crippen LogP contribution in [0.25, 0.3) is 16.9 Å². The molecule has 0 saturated carbocycles. The molecule has 188 valence electrons. The van der Waals surface area contributed by atoms with Gasteiger partial charge in [-0.05, 0) is 62.2 Å². The van der Waals surface area contributed by atoms with Crippen LogP contribution in [-0.4, -0.2) is 41.0 Å². The molecule has 0 bridgehead atoms. The highest BCUT2D eigenvalue weighted by Crippen LogP contribution is 2.26. The SMILES string of the molecule is Cc1cccc(-c2nn(-c3ccccc3)cc2C(=O)Nc2ccc(NC(=O)NCC3CCCO3)cc2)c1. The standard InChI is InChI=1S/C29H29N5O3/c1-20-7-5-8-21(17-20)27-26(19-34(33-27)24-9-3-2-4-10-24)28(35)31-22-12-14-23(15-13-22)32-29(36)30-18-25-11-6-16-37-25/h2-5,7-10,12-15,17,19,25H,6,11,16,18H2,1H3,(H,31,35)(H2,30,32,36). The molecular weight excluding hydrogens is 466 g/mol. The molecule has 37 heavy (non-hydrogen) atoms. The quantitative estimate of drug-likeness (QED) is 0.320. The van der Waals surface area contributed by atoms with Gasteiger partial charge in [-0.1, -0.05) is 42.0 Å². The predicted octanol–water partition coefficient (Wildman–Crippen LogP) is 5.40. The van der Waals surface area contributed by atoms with Gasteiger partial charge in [0.2, 0.25) is 0 Å². The molecule has 0 spiro atoms. The van der Waals surface area contributed by atoms with Gasteiger partial charge in [-0.25, -0.2) is 9.48 Å². The number of para-hydroxylation sites is 1. The average Bonchev–Trinajstić information content (AvgIpc) is 3.60. The fourth-order valence-electron chi connectivity index (χ4n) is 4.28. The number of hydrogen-bond donors (Lipinski definition) is 3. The van der Waals surface area contributed by atoms with Crippen molar-refractivity contribution in [3.05, 3.63) is 96.2 Å². The molecule has 1 atom stereocenters. The van der Waals surface area contributed by atoms with Crippen LogP contribution in [0.3, 0.4) is 0 Å². The van der Waals surface area contributed by atoms with Gasteiger partial charge in [0, 0.05) is 36.3 Å². The lowest BCUT2D eigenvalue weighted by molar-refractivity contribution is 0.102. The zero-order chi connectivity index (χ0) is 25.6. The minimum Gasteiger partial charge on any atom is -0.376 e. The highest BCUT2D eigenvalue weighted by Gasteiger charge is 2.19. The molecule has 0 radical (unpaired) electrons. The monoisotopic (exact) mass is 495 g/mol. The number of hydrogen-bond acceptors (Lipinski definition) is 4. The van der Waals surface area contributed by atoms with Crippen LogP contribution in [-0.2, 0) is 4.74 Å². The molecule has 8 heteroatoms. The van der Waals surface area contributed by atoms with Crippen molar-refractivity contribution < 1.29 is 14.3 Å². The molecule has 1 unspecified atom stereocenters. The Morgan fingerprint density at radius 1 is 0.973 bits per heavy atom. The summed E-state index contributed by atoms with van der Waals surface area (Å²) in [7, 11) is 0. The summed E-state index contributed by atoms with van der Waals surface area (Å²) in [5.41, 5.74) is 5.12. The van der Waals surface area contributed by atoms with Crippen molar-refractivity contribution >= 4 is 23.3 Å². The Kier molecular flexibility index (Phi) is 7.28. The van der Waals surface area contributed by atoms with E-state index < -0.39 is 0 Å². The van der Waals surface area contributed by atoms with Crippen LogP contribution >= 0.6 is 0 Å². The third-order valence-electron chi connectivity index (χ3n) is 6.19. The van der Waals surface area contributed by atoms with E-state index in [9.17, 15) is 9.59 Å². The maximum atomic E-state index is 13.4. The first-order chi connectivity index (χ1) is 18.0. The second kappa shape index (κ2) is 11.1. The highest BCUT2D eigenvalue weighted by atomic mass is 16.5. The van der Waals surface area contributed by atoms with E-state index in [0.717, 1.165) is 36.3 Å². The molecule has 5 rings (SSSR count). The molecule has 3 N–H and O–H groups in total. The van der Waals surface area contributed by atoms with Crippen LogP contribution in [0.15, 0.2) is 85.1 Å². The molecule has 1 aliphatic rings. The van der Waals surface area contributed by atoms with Crippen molar-refractivity contribution in [3.8, 4) is 16.9 Å². The van der Waals surface area contributed by atoms with Crippen LogP contribution < -0.4 is 16.0 Å². The number of nitrogens with zero attached hydrogens (tertiary/aromatic N) is 2. The van der Waals surface area contributed by atoms with Crippen LogP contribution in [0.5, 0.6) is 0 Å². The molecule has 1 saturated heterocycles. The summed E-state index contributed by atoms with van der Waals surface area (Å²) in [6, 6.07) is 24.3. The number of carbonyl (C=O) groups excluding carboxylic acids is 2. The van der Waals surface area contributed by atoms with Crippen molar-refractivity contribution in [1.82, 2.24) is 15.1 Å². The molecule has 4 aromatic rings. The Morgan fingerprint density at radius 2 is 1.73 bits per heavy atom. The maximum Gasteiger partial charge on any atom is 0.319 e. The molecule has 1 aliphatic heterocycles. The summed E-state index contributed by atoms with van der Waals surface area (Å²) in [5.74, 6) is -0.270. The lowest BCUT2D eigenvalue weighted by atomic mass is 10.1. The molecule has 3 amide bonds. The number of ether oxygens (including phenoxy) is 1. The van der Waals surface area contributed by atoms with E-state index in [0.29, 0.717) is 29.2 Å². The van der Waals surface area contributed by atoms with Gasteiger partial charge in [-0.2, -0.15) is 5.10 Å². The van der Waals surface area contributed by atoms with E-state index >= 15 is 0 Å². The maximum absolute atomic E-state index is 13.4. The van der Waals surface area contributed by atoms with Crippen molar-refractivity contribution in [1.29, 1.82) is 0 Å². The largest absolute Gasteiger partial charge is 0.376 e. The van der Waals surface area contributed by atoms with Crippen molar-refractivity contribution in [3.63, 3.8) is 0 Å². The number of benzene rings is 3. The number of carbonyl (C=O) groups is 2. The number of amides is 3. The van der Waals surface area contributed by atoms with Crippen molar-refractivity contribution in [2.45, 2.75) is 25.9 Å². The Labute approximate surface area is 215 Å². The van der Waals surface area contributed by atoms with Gasteiger partial charge >= 0.3 is 6.03 Å². The first-order valence-corrected chi connectivity index (χ1v) is 12.4. The fourth-order valence-corrected chi connectivity index (χ4v) is 4.28. The third-order valence-corrected chi connectivity index (χ3v) is 6.19. The molecular formula is C29H29N5O3. The van der Waals surface area contributed by atoms with Crippen molar-refractivity contribution in [2.75, 3.05) is 23.8 Å². The second-order valence-electron chi connectivity index (χ2n) is 9.04. The Morgan fingerprint density at radius 3 is 2.43 bits per heavy atom. The van der Waals surface area contributed by atoms with E-state index in [-0.39, 0.29) is 18.0 Å². The summed E-state index contributed by atoms with van der Waals surface area (Å²) < 4.78 is 7.24. The van der Waals surface area contributed by atoms with Gasteiger partial charge in [-0.3, -0.25) is 4.79 Å². The summed E-state index contributed by atoms with van der Waals surface area (Å²) in [6.45, 7) is 3.25. The molecule has 0 aliphatic carbocycles. The Balaban J connectivity index is 1.30. The number of nitrogens with one attached hydrogen (secondary N) is 3.